The van der Waals surface area contributed by atoms with Crippen LogP contribution < -0.4 is 0 Å². The summed E-state index contributed by atoms with van der Waals surface area (Å²) in [5, 5.41) is 61.1. The van der Waals surface area contributed by atoms with E-state index in [9.17, 15) is 4.79 Å². The average Bonchev–Trinajstić information content (AvgIpc) is 2.23. The van der Waals surface area contributed by atoms with Crippen LogP contribution in [0.3, 0.4) is 0 Å². The van der Waals surface area contributed by atoms with Crippen molar-refractivity contribution in [3.63, 3.8) is 0 Å². The highest BCUT2D eigenvalue weighted by Gasteiger charge is 2.38. The predicted octanol–water partition coefficient (Wildman–Crippen LogP) is -5.00. The van der Waals surface area contributed by atoms with Crippen LogP contribution in [0.4, 0.5) is 0 Å². The van der Waals surface area contributed by atoms with Crippen molar-refractivity contribution >= 4 is 12.8 Å². The second kappa shape index (κ2) is 6.13. The molecule has 0 saturated heterocycles. The lowest BCUT2D eigenvalue weighted by molar-refractivity contribution is -0.142. The molecule has 0 aliphatic heterocycles. The van der Waals surface area contributed by atoms with Gasteiger partial charge in [-0.25, -0.2) is 0 Å². The monoisotopic (exact) mass is 224 g/mol. The predicted molar refractivity (Wildman–Crippen MR) is 46.3 cm³/mol. The van der Waals surface area contributed by atoms with Crippen molar-refractivity contribution in [1.29, 1.82) is 0 Å². The lowest BCUT2D eigenvalue weighted by atomic mass is 9.78. The fourth-order valence-corrected chi connectivity index (χ4v) is 0.843. The maximum absolute atomic E-state index is 10.7. The second-order valence-electron chi connectivity index (χ2n) is 2.95. The number of rotatable bonds is 6. The molecule has 0 aromatic heterocycles. The molecule has 0 spiro atoms. The van der Waals surface area contributed by atoms with Gasteiger partial charge in [0, 0.05) is 0 Å². The Bertz CT molecular complexity index is 209. The molecule has 0 amide bonds. The third-order valence-electron chi connectivity index (χ3n) is 1.80. The van der Waals surface area contributed by atoms with Crippen molar-refractivity contribution in [3.8, 4) is 0 Å². The highest BCUT2D eigenvalue weighted by molar-refractivity contribution is 6.79. The standard InChI is InChI=1S/C6H13BO8/c8-1-2(9)3(10)4(11)5(12)6(13)7(14)15/h2-5,8-12,14-15H,1H2/t2-,3-,4+,5-/m1/s1. The molecule has 8 nitrogen and oxygen atoms in total. The van der Waals surface area contributed by atoms with Crippen molar-refractivity contribution in [2.24, 2.45) is 0 Å². The summed E-state index contributed by atoms with van der Waals surface area (Å²) in [7, 11) is -2.49. The van der Waals surface area contributed by atoms with E-state index < -0.39 is 43.8 Å². The van der Waals surface area contributed by atoms with Gasteiger partial charge in [-0.3, -0.25) is 0 Å². The van der Waals surface area contributed by atoms with E-state index in [1.54, 1.807) is 0 Å². The molecule has 0 aromatic rings. The van der Waals surface area contributed by atoms with E-state index in [-0.39, 0.29) is 0 Å². The van der Waals surface area contributed by atoms with Crippen molar-refractivity contribution in [1.82, 2.24) is 0 Å². The molecule has 0 unspecified atom stereocenters. The molecule has 0 bridgehead atoms. The SMILES string of the molecule is O=C(B(O)O)[C@H](O)[C@@H](O)[C@H](O)[C@H](O)CO. The molecule has 0 aliphatic rings. The minimum atomic E-state index is -2.49. The molecule has 7 N–H and O–H groups in total. The number of aliphatic hydroxyl groups is 5. The Morgan fingerprint density at radius 3 is 1.87 bits per heavy atom. The van der Waals surface area contributed by atoms with Gasteiger partial charge in [-0.2, -0.15) is 0 Å². The van der Waals surface area contributed by atoms with Crippen LogP contribution in [0, 0.1) is 0 Å². The summed E-state index contributed by atoms with van der Waals surface area (Å²) in [5.41, 5.74) is -1.52. The van der Waals surface area contributed by atoms with Gasteiger partial charge < -0.3 is 40.4 Å². The zero-order valence-electron chi connectivity index (χ0n) is 7.63. The normalized spacial score (nSPS) is 19.1. The molecule has 0 rings (SSSR count). The summed E-state index contributed by atoms with van der Waals surface area (Å²) in [6.07, 6.45) is -8.12. The first-order chi connectivity index (χ1) is 6.82. The molecule has 88 valence electrons. The number of hydrogen-bond donors (Lipinski definition) is 7. The molecular formula is C6H13BO8. The van der Waals surface area contributed by atoms with Crippen LogP contribution in [0.15, 0.2) is 0 Å². The van der Waals surface area contributed by atoms with E-state index >= 15 is 0 Å². The largest absolute Gasteiger partial charge is 0.529 e. The van der Waals surface area contributed by atoms with Gasteiger partial charge in [0.05, 0.1) is 6.61 Å². The molecule has 0 saturated carbocycles. The van der Waals surface area contributed by atoms with Gasteiger partial charge in [0.1, 0.15) is 24.4 Å². The number of aliphatic hydroxyl groups excluding tert-OH is 5. The van der Waals surface area contributed by atoms with Crippen LogP contribution >= 0.6 is 0 Å². The lowest BCUT2D eigenvalue weighted by Gasteiger charge is -2.24. The smallest absolute Gasteiger partial charge is 0.421 e. The van der Waals surface area contributed by atoms with Crippen molar-refractivity contribution in [2.45, 2.75) is 24.4 Å². The van der Waals surface area contributed by atoms with Gasteiger partial charge >= 0.3 is 7.12 Å². The average molecular weight is 224 g/mol. The number of hydrogen-bond acceptors (Lipinski definition) is 8. The lowest BCUT2D eigenvalue weighted by Crippen LogP contribution is -2.52. The van der Waals surface area contributed by atoms with E-state index in [1.165, 1.54) is 0 Å². The zero-order chi connectivity index (χ0) is 12.2. The summed E-state index contributed by atoms with van der Waals surface area (Å²) in [4.78, 5) is 10.7. The summed E-state index contributed by atoms with van der Waals surface area (Å²) in [5.74, 6) is 0. The molecule has 9 heteroatoms. The van der Waals surface area contributed by atoms with E-state index in [0.29, 0.717) is 0 Å². The molecule has 0 aromatic carbocycles. The highest BCUT2D eigenvalue weighted by atomic mass is 16.4. The van der Waals surface area contributed by atoms with Crippen LogP contribution in [-0.4, -0.2) is 79.4 Å². The Morgan fingerprint density at radius 2 is 1.53 bits per heavy atom. The van der Waals surface area contributed by atoms with Crippen LogP contribution in [0.2, 0.25) is 0 Å². The van der Waals surface area contributed by atoms with Gasteiger partial charge in [-0.15, -0.1) is 0 Å². The van der Waals surface area contributed by atoms with Gasteiger partial charge in [0.15, 0.2) is 5.68 Å². The zero-order valence-corrected chi connectivity index (χ0v) is 7.63. The molecule has 0 aliphatic carbocycles. The Morgan fingerprint density at radius 1 is 1.07 bits per heavy atom. The maximum Gasteiger partial charge on any atom is 0.529 e. The van der Waals surface area contributed by atoms with Crippen LogP contribution in [0.1, 0.15) is 0 Å². The van der Waals surface area contributed by atoms with Crippen molar-refractivity contribution < 1.29 is 40.4 Å². The summed E-state index contributed by atoms with van der Waals surface area (Å²) in [6.45, 7) is -0.888. The van der Waals surface area contributed by atoms with Crippen LogP contribution in [0.5, 0.6) is 0 Å². The first-order valence-electron chi connectivity index (χ1n) is 4.06. The fourth-order valence-electron chi connectivity index (χ4n) is 0.843. The summed E-state index contributed by atoms with van der Waals surface area (Å²) >= 11 is 0. The van der Waals surface area contributed by atoms with E-state index in [2.05, 4.69) is 0 Å². The Kier molecular flexibility index (Phi) is 5.91. The van der Waals surface area contributed by atoms with Crippen LogP contribution in [0.25, 0.3) is 0 Å². The van der Waals surface area contributed by atoms with Crippen molar-refractivity contribution in [2.75, 3.05) is 6.61 Å². The topological polar surface area (TPSA) is 159 Å². The van der Waals surface area contributed by atoms with Gasteiger partial charge in [0.25, 0.3) is 0 Å². The Balaban J connectivity index is 4.43. The minimum Gasteiger partial charge on any atom is -0.421 e. The van der Waals surface area contributed by atoms with Gasteiger partial charge in [0.2, 0.25) is 0 Å². The quantitative estimate of drug-likeness (QED) is 0.221. The Labute approximate surface area is 85.2 Å². The summed E-state index contributed by atoms with van der Waals surface area (Å²) < 4.78 is 0. The third kappa shape index (κ3) is 3.84. The highest BCUT2D eigenvalue weighted by Crippen LogP contribution is 2.06. The first kappa shape index (κ1) is 14.5. The molecule has 0 fully saturated rings. The molecule has 0 heterocycles. The summed E-state index contributed by atoms with van der Waals surface area (Å²) in [6, 6.07) is 0. The molecule has 0 radical (unpaired) electrons. The van der Waals surface area contributed by atoms with E-state index in [4.69, 9.17) is 35.6 Å². The van der Waals surface area contributed by atoms with E-state index in [0.717, 1.165) is 0 Å². The number of carbonyl (C=O) groups excluding carboxylic acids is 1. The van der Waals surface area contributed by atoms with Crippen LogP contribution in [-0.2, 0) is 4.79 Å². The van der Waals surface area contributed by atoms with Gasteiger partial charge in [-0.05, 0) is 0 Å². The fraction of sp³-hybridized carbons (Fsp3) is 0.833. The Hall–Kier alpha value is -0.545. The maximum atomic E-state index is 10.7. The third-order valence-corrected chi connectivity index (χ3v) is 1.80. The molecule has 15 heavy (non-hydrogen) atoms. The molecular weight excluding hydrogens is 211 g/mol. The second-order valence-corrected chi connectivity index (χ2v) is 2.95. The molecule has 4 atom stereocenters. The van der Waals surface area contributed by atoms with Gasteiger partial charge in [-0.1, -0.05) is 0 Å². The first-order valence-corrected chi connectivity index (χ1v) is 4.06. The number of carbonyl (C=O) groups is 1. The minimum absolute atomic E-state index is 0.888. The van der Waals surface area contributed by atoms with E-state index in [1.807, 2.05) is 0 Å². The van der Waals surface area contributed by atoms with Crippen molar-refractivity contribution in [3.05, 3.63) is 0 Å².